The first-order valence-electron chi connectivity index (χ1n) is 9.93. The molecule has 0 aliphatic heterocycles. The molecule has 0 rings (SSSR count). The summed E-state index contributed by atoms with van der Waals surface area (Å²) in [5.41, 5.74) is 2.46. The standard InChI is InChI=1S/C20H42NSi/c1-5-7-9-11-13-15-17-21(19-20-22(3)4)18-16-14-12-10-8-6-2/h19-20H,5-18H2,1-4H3. The van der Waals surface area contributed by atoms with Crippen molar-refractivity contribution in [3.63, 3.8) is 0 Å². The summed E-state index contributed by atoms with van der Waals surface area (Å²) in [6, 6.07) is 0. The Bertz CT molecular complexity index is 222. The third-order valence-electron chi connectivity index (χ3n) is 4.22. The van der Waals surface area contributed by atoms with Gasteiger partial charge in [-0.3, -0.25) is 0 Å². The van der Waals surface area contributed by atoms with Crippen molar-refractivity contribution in [1.82, 2.24) is 4.90 Å². The van der Waals surface area contributed by atoms with Gasteiger partial charge >= 0.3 is 0 Å². The molecule has 0 N–H and O–H groups in total. The predicted molar refractivity (Wildman–Crippen MR) is 105 cm³/mol. The van der Waals surface area contributed by atoms with Crippen LogP contribution in [0.25, 0.3) is 0 Å². The zero-order valence-corrected chi connectivity index (χ0v) is 17.0. The van der Waals surface area contributed by atoms with Gasteiger partial charge in [0.15, 0.2) is 0 Å². The zero-order chi connectivity index (χ0) is 16.5. The Kier molecular flexibility index (Phi) is 16.9. The van der Waals surface area contributed by atoms with Crippen LogP contribution in [0.1, 0.15) is 90.9 Å². The van der Waals surface area contributed by atoms with E-state index in [-0.39, 0.29) is 8.80 Å². The molecule has 0 saturated heterocycles. The van der Waals surface area contributed by atoms with Gasteiger partial charge < -0.3 is 4.90 Å². The van der Waals surface area contributed by atoms with Gasteiger partial charge in [-0.05, 0) is 19.0 Å². The van der Waals surface area contributed by atoms with Gasteiger partial charge in [0.25, 0.3) is 0 Å². The van der Waals surface area contributed by atoms with Crippen LogP contribution in [0.15, 0.2) is 11.9 Å². The molecule has 2 heteroatoms. The minimum absolute atomic E-state index is 0.235. The molecule has 0 saturated carbocycles. The van der Waals surface area contributed by atoms with Gasteiger partial charge in [0.05, 0.1) is 8.80 Å². The van der Waals surface area contributed by atoms with Gasteiger partial charge in [0, 0.05) is 13.1 Å². The predicted octanol–water partition coefficient (Wildman–Crippen LogP) is 6.82. The van der Waals surface area contributed by atoms with E-state index in [0.29, 0.717) is 0 Å². The molecule has 0 aliphatic carbocycles. The Hall–Kier alpha value is -0.243. The third kappa shape index (κ3) is 16.1. The van der Waals surface area contributed by atoms with Crippen LogP contribution >= 0.6 is 0 Å². The highest BCUT2D eigenvalue weighted by Gasteiger charge is 2.01. The summed E-state index contributed by atoms with van der Waals surface area (Å²) in [6.45, 7) is 11.9. The molecule has 0 amide bonds. The summed E-state index contributed by atoms with van der Waals surface area (Å²) in [4.78, 5) is 2.59. The maximum Gasteiger partial charge on any atom is 0.0712 e. The van der Waals surface area contributed by atoms with Gasteiger partial charge in [-0.25, -0.2) is 0 Å². The van der Waals surface area contributed by atoms with Crippen LogP contribution in [0, 0.1) is 0 Å². The maximum atomic E-state index is 2.59. The minimum atomic E-state index is -0.235. The van der Waals surface area contributed by atoms with Crippen LogP contribution in [0.5, 0.6) is 0 Å². The SMILES string of the molecule is CCCCCCCCN(C=C[Si](C)C)CCCCCCCC. The highest BCUT2D eigenvalue weighted by molar-refractivity contribution is 6.61. The molecule has 1 radical (unpaired) electrons. The fraction of sp³-hybridized carbons (Fsp3) is 0.900. The average Bonchev–Trinajstić information content (AvgIpc) is 2.50. The smallest absolute Gasteiger partial charge is 0.0712 e. The van der Waals surface area contributed by atoms with Crippen molar-refractivity contribution >= 4 is 8.80 Å². The van der Waals surface area contributed by atoms with Crippen molar-refractivity contribution in [2.45, 2.75) is 104 Å². The molecule has 0 unspecified atom stereocenters. The summed E-state index contributed by atoms with van der Waals surface area (Å²) in [5, 5.41) is 0. The van der Waals surface area contributed by atoms with Crippen molar-refractivity contribution in [3.05, 3.63) is 11.9 Å². The van der Waals surface area contributed by atoms with Crippen molar-refractivity contribution in [1.29, 1.82) is 0 Å². The van der Waals surface area contributed by atoms with Crippen LogP contribution < -0.4 is 0 Å². The quantitative estimate of drug-likeness (QED) is 0.222. The maximum absolute atomic E-state index is 2.59. The zero-order valence-electron chi connectivity index (χ0n) is 16.0. The topological polar surface area (TPSA) is 3.24 Å². The Morgan fingerprint density at radius 3 is 1.45 bits per heavy atom. The van der Waals surface area contributed by atoms with E-state index >= 15 is 0 Å². The van der Waals surface area contributed by atoms with Crippen molar-refractivity contribution < 1.29 is 0 Å². The second kappa shape index (κ2) is 17.1. The molecule has 0 spiro atoms. The van der Waals surface area contributed by atoms with E-state index in [9.17, 15) is 0 Å². The second-order valence-corrected chi connectivity index (χ2v) is 9.45. The molecule has 0 atom stereocenters. The van der Waals surface area contributed by atoms with Gasteiger partial charge in [0.2, 0.25) is 0 Å². The van der Waals surface area contributed by atoms with E-state index in [0.717, 1.165) is 0 Å². The first-order chi connectivity index (χ1) is 10.7. The fourth-order valence-electron chi connectivity index (χ4n) is 2.71. The van der Waals surface area contributed by atoms with Crippen LogP contribution in [0.4, 0.5) is 0 Å². The molecule has 0 aliphatic rings. The van der Waals surface area contributed by atoms with Gasteiger partial charge in [-0.15, -0.1) is 0 Å². The van der Waals surface area contributed by atoms with E-state index in [2.05, 4.69) is 43.7 Å². The van der Waals surface area contributed by atoms with Crippen molar-refractivity contribution in [2.75, 3.05) is 13.1 Å². The number of hydrogen-bond donors (Lipinski definition) is 0. The lowest BCUT2D eigenvalue weighted by molar-refractivity contribution is 0.350. The Morgan fingerprint density at radius 1 is 0.636 bits per heavy atom. The van der Waals surface area contributed by atoms with Crippen LogP contribution in [0.3, 0.4) is 0 Å². The summed E-state index contributed by atoms with van der Waals surface area (Å²) < 4.78 is 0. The van der Waals surface area contributed by atoms with Crippen molar-refractivity contribution in [3.8, 4) is 0 Å². The molecular weight excluding hydrogens is 282 g/mol. The van der Waals surface area contributed by atoms with Crippen LogP contribution in [-0.2, 0) is 0 Å². The van der Waals surface area contributed by atoms with Gasteiger partial charge in [-0.1, -0.05) is 96.8 Å². The average molecular weight is 325 g/mol. The van der Waals surface area contributed by atoms with Crippen molar-refractivity contribution in [2.24, 2.45) is 0 Å². The Labute approximate surface area is 143 Å². The van der Waals surface area contributed by atoms with E-state index in [1.54, 1.807) is 0 Å². The van der Waals surface area contributed by atoms with E-state index < -0.39 is 0 Å². The highest BCUT2D eigenvalue weighted by Crippen LogP contribution is 2.09. The summed E-state index contributed by atoms with van der Waals surface area (Å²) in [7, 11) is -0.235. The van der Waals surface area contributed by atoms with Gasteiger partial charge in [-0.2, -0.15) is 0 Å². The number of rotatable bonds is 16. The molecule has 0 fully saturated rings. The Morgan fingerprint density at radius 2 is 1.05 bits per heavy atom. The van der Waals surface area contributed by atoms with Gasteiger partial charge in [0.1, 0.15) is 0 Å². The second-order valence-electron chi connectivity index (χ2n) is 6.96. The third-order valence-corrected chi connectivity index (χ3v) is 5.03. The Balaban J connectivity index is 3.80. The lowest BCUT2D eigenvalue weighted by Gasteiger charge is -2.21. The largest absolute Gasteiger partial charge is 0.378 e. The molecular formula is C20H42NSi. The van der Waals surface area contributed by atoms with E-state index in [1.165, 1.54) is 90.1 Å². The van der Waals surface area contributed by atoms with E-state index in [4.69, 9.17) is 0 Å². The molecule has 0 aromatic rings. The summed E-state index contributed by atoms with van der Waals surface area (Å²) in [5.74, 6) is 0. The summed E-state index contributed by atoms with van der Waals surface area (Å²) >= 11 is 0. The monoisotopic (exact) mass is 324 g/mol. The molecule has 0 aromatic heterocycles. The molecule has 0 heterocycles. The molecule has 131 valence electrons. The normalized spacial score (nSPS) is 11.7. The first kappa shape index (κ1) is 21.8. The lowest BCUT2D eigenvalue weighted by Crippen LogP contribution is -2.20. The van der Waals surface area contributed by atoms with Crippen LogP contribution in [0.2, 0.25) is 13.1 Å². The number of unbranched alkanes of at least 4 members (excludes halogenated alkanes) is 10. The molecule has 0 bridgehead atoms. The summed E-state index contributed by atoms with van der Waals surface area (Å²) in [6.07, 6.45) is 19.2. The lowest BCUT2D eigenvalue weighted by atomic mass is 10.1. The first-order valence-corrected chi connectivity index (χ1v) is 12.5. The highest BCUT2D eigenvalue weighted by atomic mass is 28.3. The molecule has 1 nitrogen and oxygen atoms in total. The molecule has 0 aromatic carbocycles. The molecule has 22 heavy (non-hydrogen) atoms. The number of hydrogen-bond acceptors (Lipinski definition) is 1. The van der Waals surface area contributed by atoms with Crippen LogP contribution in [-0.4, -0.2) is 26.8 Å². The van der Waals surface area contributed by atoms with E-state index in [1.807, 2.05) is 0 Å². The number of nitrogens with zero attached hydrogens (tertiary/aromatic N) is 1. The minimum Gasteiger partial charge on any atom is -0.378 e. The fourth-order valence-corrected chi connectivity index (χ4v) is 3.21.